The summed E-state index contributed by atoms with van der Waals surface area (Å²) in [5.74, 6) is 0.437. The van der Waals surface area contributed by atoms with Gasteiger partial charge in [-0.2, -0.15) is 0 Å². The van der Waals surface area contributed by atoms with Gasteiger partial charge in [0, 0.05) is 11.6 Å². The molecule has 0 bridgehead atoms. The van der Waals surface area contributed by atoms with Crippen LogP contribution in [-0.4, -0.2) is 5.91 Å². The average Bonchev–Trinajstić information content (AvgIpc) is 2.40. The maximum atomic E-state index is 12.1. The number of anilines is 1. The van der Waals surface area contributed by atoms with Gasteiger partial charge in [0.05, 0.1) is 0 Å². The highest BCUT2D eigenvalue weighted by molar-refractivity contribution is 5.92. The molecule has 1 aromatic rings. The third-order valence-corrected chi connectivity index (χ3v) is 3.58. The molecule has 1 aliphatic rings. The Morgan fingerprint density at radius 1 is 1.29 bits per heavy atom. The molecule has 1 aliphatic carbocycles. The molecule has 0 atom stereocenters. The molecule has 0 aliphatic heterocycles. The standard InChI is InChI=1S/C15H21NO/c1-2-12-7-6-10-14(11-12)16-15(17)13-8-4-3-5-9-13/h6-7,10-11,13H,2-5,8-9H2,1H3,(H,16,17). The summed E-state index contributed by atoms with van der Waals surface area (Å²) in [7, 11) is 0. The molecular formula is C15H21NO. The van der Waals surface area contributed by atoms with E-state index in [4.69, 9.17) is 0 Å². The molecule has 0 heterocycles. The Kier molecular flexibility index (Phi) is 4.18. The number of nitrogens with one attached hydrogen (secondary N) is 1. The molecule has 17 heavy (non-hydrogen) atoms. The summed E-state index contributed by atoms with van der Waals surface area (Å²) in [6.07, 6.45) is 6.81. The topological polar surface area (TPSA) is 29.1 Å². The predicted octanol–water partition coefficient (Wildman–Crippen LogP) is 3.77. The fourth-order valence-electron chi connectivity index (χ4n) is 2.48. The van der Waals surface area contributed by atoms with Crippen molar-refractivity contribution >= 4 is 11.6 Å². The second-order valence-corrected chi connectivity index (χ2v) is 4.88. The minimum absolute atomic E-state index is 0.206. The zero-order valence-electron chi connectivity index (χ0n) is 10.5. The van der Waals surface area contributed by atoms with E-state index in [1.807, 2.05) is 12.1 Å². The molecule has 0 saturated heterocycles. The van der Waals surface area contributed by atoms with Gasteiger partial charge in [-0.1, -0.05) is 38.3 Å². The summed E-state index contributed by atoms with van der Waals surface area (Å²) in [4.78, 5) is 12.1. The van der Waals surface area contributed by atoms with Crippen molar-refractivity contribution in [1.82, 2.24) is 0 Å². The Morgan fingerprint density at radius 3 is 2.76 bits per heavy atom. The highest BCUT2D eigenvalue weighted by Crippen LogP contribution is 2.25. The first kappa shape index (κ1) is 12.2. The second-order valence-electron chi connectivity index (χ2n) is 4.88. The molecule has 0 unspecified atom stereocenters. The molecule has 2 rings (SSSR count). The molecule has 0 radical (unpaired) electrons. The average molecular weight is 231 g/mol. The normalized spacial score (nSPS) is 16.8. The Labute approximate surface area is 103 Å². The Balaban J connectivity index is 1.96. The van der Waals surface area contributed by atoms with Crippen LogP contribution in [0.15, 0.2) is 24.3 Å². The van der Waals surface area contributed by atoms with Crippen molar-refractivity contribution in [2.45, 2.75) is 45.4 Å². The molecule has 0 aromatic heterocycles. The van der Waals surface area contributed by atoms with Gasteiger partial charge in [0.15, 0.2) is 0 Å². The summed E-state index contributed by atoms with van der Waals surface area (Å²) in [6.45, 7) is 2.13. The number of carbonyl (C=O) groups is 1. The Morgan fingerprint density at radius 2 is 2.06 bits per heavy atom. The second kappa shape index (κ2) is 5.85. The number of rotatable bonds is 3. The number of aryl methyl sites for hydroxylation is 1. The van der Waals surface area contributed by atoms with Crippen LogP contribution in [0.5, 0.6) is 0 Å². The van der Waals surface area contributed by atoms with Crippen LogP contribution in [0.4, 0.5) is 5.69 Å². The minimum Gasteiger partial charge on any atom is -0.326 e. The Bertz CT molecular complexity index is 380. The predicted molar refractivity (Wildman–Crippen MR) is 71.0 cm³/mol. The van der Waals surface area contributed by atoms with Gasteiger partial charge in [-0.3, -0.25) is 4.79 Å². The van der Waals surface area contributed by atoms with Gasteiger partial charge in [-0.25, -0.2) is 0 Å². The molecule has 1 aromatic carbocycles. The lowest BCUT2D eigenvalue weighted by Gasteiger charge is -2.20. The molecule has 0 spiro atoms. The van der Waals surface area contributed by atoms with E-state index in [2.05, 4.69) is 24.4 Å². The van der Waals surface area contributed by atoms with Crippen LogP contribution >= 0.6 is 0 Å². The van der Waals surface area contributed by atoms with E-state index >= 15 is 0 Å². The molecule has 92 valence electrons. The van der Waals surface area contributed by atoms with Gasteiger partial charge in [0.2, 0.25) is 5.91 Å². The zero-order valence-corrected chi connectivity index (χ0v) is 10.5. The zero-order chi connectivity index (χ0) is 12.1. The van der Waals surface area contributed by atoms with E-state index < -0.39 is 0 Å². The van der Waals surface area contributed by atoms with Gasteiger partial charge in [0.1, 0.15) is 0 Å². The monoisotopic (exact) mass is 231 g/mol. The number of hydrogen-bond acceptors (Lipinski definition) is 1. The molecule has 1 saturated carbocycles. The lowest BCUT2D eigenvalue weighted by Crippen LogP contribution is -2.24. The van der Waals surface area contributed by atoms with Crippen LogP contribution in [0.2, 0.25) is 0 Å². The number of hydrogen-bond donors (Lipinski definition) is 1. The number of benzene rings is 1. The van der Waals surface area contributed by atoms with Crippen LogP contribution in [0, 0.1) is 5.92 Å². The summed E-state index contributed by atoms with van der Waals surface area (Å²) < 4.78 is 0. The molecule has 1 amide bonds. The number of carbonyl (C=O) groups excluding carboxylic acids is 1. The van der Waals surface area contributed by atoms with Crippen LogP contribution < -0.4 is 5.32 Å². The molecular weight excluding hydrogens is 210 g/mol. The fourth-order valence-corrected chi connectivity index (χ4v) is 2.48. The Hall–Kier alpha value is -1.31. The van der Waals surface area contributed by atoms with Gasteiger partial charge in [0.25, 0.3) is 0 Å². The number of amides is 1. The smallest absolute Gasteiger partial charge is 0.227 e. The molecule has 1 fully saturated rings. The van der Waals surface area contributed by atoms with Crippen LogP contribution in [0.3, 0.4) is 0 Å². The van der Waals surface area contributed by atoms with E-state index in [0.29, 0.717) is 0 Å². The largest absolute Gasteiger partial charge is 0.326 e. The van der Waals surface area contributed by atoms with Crippen molar-refractivity contribution in [3.05, 3.63) is 29.8 Å². The lowest BCUT2D eigenvalue weighted by atomic mass is 9.88. The SMILES string of the molecule is CCc1cccc(NC(=O)C2CCCCC2)c1. The van der Waals surface area contributed by atoms with Crippen LogP contribution in [0.1, 0.15) is 44.6 Å². The highest BCUT2D eigenvalue weighted by Gasteiger charge is 2.20. The molecule has 2 heteroatoms. The highest BCUT2D eigenvalue weighted by atomic mass is 16.1. The first-order valence-corrected chi connectivity index (χ1v) is 6.69. The van der Waals surface area contributed by atoms with Gasteiger partial charge in [-0.05, 0) is 37.0 Å². The first-order chi connectivity index (χ1) is 8.29. The summed E-state index contributed by atoms with van der Waals surface area (Å²) in [5.41, 5.74) is 2.21. The van der Waals surface area contributed by atoms with Crippen molar-refractivity contribution in [1.29, 1.82) is 0 Å². The van der Waals surface area contributed by atoms with Crippen LogP contribution in [0.25, 0.3) is 0 Å². The van der Waals surface area contributed by atoms with E-state index in [1.165, 1.54) is 24.8 Å². The minimum atomic E-state index is 0.206. The summed E-state index contributed by atoms with van der Waals surface area (Å²) in [5, 5.41) is 3.05. The van der Waals surface area contributed by atoms with E-state index in [-0.39, 0.29) is 11.8 Å². The summed E-state index contributed by atoms with van der Waals surface area (Å²) >= 11 is 0. The third-order valence-electron chi connectivity index (χ3n) is 3.58. The van der Waals surface area contributed by atoms with E-state index in [0.717, 1.165) is 24.9 Å². The van der Waals surface area contributed by atoms with Crippen molar-refractivity contribution in [3.8, 4) is 0 Å². The quantitative estimate of drug-likeness (QED) is 0.843. The maximum Gasteiger partial charge on any atom is 0.227 e. The van der Waals surface area contributed by atoms with E-state index in [1.54, 1.807) is 0 Å². The molecule has 2 nitrogen and oxygen atoms in total. The van der Waals surface area contributed by atoms with Gasteiger partial charge < -0.3 is 5.32 Å². The van der Waals surface area contributed by atoms with Crippen molar-refractivity contribution in [2.75, 3.05) is 5.32 Å². The molecule has 1 N–H and O–H groups in total. The third kappa shape index (κ3) is 3.32. The van der Waals surface area contributed by atoms with Crippen molar-refractivity contribution < 1.29 is 4.79 Å². The van der Waals surface area contributed by atoms with Crippen molar-refractivity contribution in [2.24, 2.45) is 5.92 Å². The first-order valence-electron chi connectivity index (χ1n) is 6.69. The van der Waals surface area contributed by atoms with Gasteiger partial charge >= 0.3 is 0 Å². The van der Waals surface area contributed by atoms with Gasteiger partial charge in [-0.15, -0.1) is 0 Å². The fraction of sp³-hybridized carbons (Fsp3) is 0.533. The van der Waals surface area contributed by atoms with Crippen molar-refractivity contribution in [3.63, 3.8) is 0 Å². The lowest BCUT2D eigenvalue weighted by molar-refractivity contribution is -0.120. The van der Waals surface area contributed by atoms with E-state index in [9.17, 15) is 4.79 Å². The van der Waals surface area contributed by atoms with Crippen LogP contribution in [-0.2, 0) is 11.2 Å². The summed E-state index contributed by atoms with van der Waals surface area (Å²) in [6, 6.07) is 8.15. The maximum absolute atomic E-state index is 12.1.